The summed E-state index contributed by atoms with van der Waals surface area (Å²) in [6.45, 7) is 9.73. The number of aryl methyl sites for hydroxylation is 1. The number of halogens is 1. The zero-order valence-corrected chi connectivity index (χ0v) is 32.1. The largest absolute Gasteiger partial charge is 0.487 e. The topological polar surface area (TPSA) is 91.4 Å². The predicted molar refractivity (Wildman–Crippen MR) is 203 cm³/mol. The maximum atomic E-state index is 13.6. The van der Waals surface area contributed by atoms with E-state index in [2.05, 4.69) is 31.6 Å². The molecule has 4 aliphatic heterocycles. The maximum absolute atomic E-state index is 13.6. The second kappa shape index (κ2) is 15.4. The third-order valence-corrected chi connectivity index (χ3v) is 14.8. The van der Waals surface area contributed by atoms with Gasteiger partial charge in [0.15, 0.2) is 0 Å². The van der Waals surface area contributed by atoms with E-state index in [0.29, 0.717) is 36.3 Å². The van der Waals surface area contributed by atoms with Crippen LogP contribution in [0.3, 0.4) is 0 Å². The monoisotopic (exact) mass is 738 g/mol. The summed E-state index contributed by atoms with van der Waals surface area (Å²) in [6.07, 6.45) is 13.7. The number of amides is 1. The third-order valence-electron chi connectivity index (χ3n) is 12.7. The lowest BCUT2D eigenvalue weighted by atomic mass is 9.66. The molecule has 0 spiro atoms. The van der Waals surface area contributed by atoms with Gasteiger partial charge < -0.3 is 14.4 Å². The number of fused-ring (bicyclic) bond motifs is 4. The van der Waals surface area contributed by atoms with Crippen molar-refractivity contribution in [3.63, 3.8) is 0 Å². The zero-order valence-electron chi connectivity index (χ0n) is 30.5. The number of methoxy groups -OCH3 is 1. The molecule has 6 atom stereocenters. The van der Waals surface area contributed by atoms with Crippen molar-refractivity contribution in [3.05, 3.63) is 70.3 Å². The molecular weight excluding hydrogens is 684 g/mol. The lowest BCUT2D eigenvalue weighted by Crippen LogP contribution is -2.66. The van der Waals surface area contributed by atoms with Crippen LogP contribution in [-0.4, -0.2) is 87.5 Å². The molecule has 0 unspecified atom stereocenters. The van der Waals surface area contributed by atoms with Gasteiger partial charge in [-0.2, -0.15) is 0 Å². The fourth-order valence-electron chi connectivity index (χ4n) is 9.21. The van der Waals surface area contributed by atoms with Gasteiger partial charge in [0.2, 0.25) is 10.0 Å². The summed E-state index contributed by atoms with van der Waals surface area (Å²) in [5, 5.41) is -0.0486. The molecule has 3 fully saturated rings. The van der Waals surface area contributed by atoms with Crippen molar-refractivity contribution in [1.29, 1.82) is 0 Å². The van der Waals surface area contributed by atoms with E-state index < -0.39 is 26.9 Å². The first-order valence-electron chi connectivity index (χ1n) is 19.1. The molecule has 2 saturated heterocycles. The number of piperidine rings is 1. The third kappa shape index (κ3) is 7.59. The second-order valence-electron chi connectivity index (χ2n) is 15.6. The summed E-state index contributed by atoms with van der Waals surface area (Å²) in [7, 11) is -2.08. The van der Waals surface area contributed by atoms with Crippen molar-refractivity contribution in [3.8, 4) is 5.75 Å². The van der Waals surface area contributed by atoms with Crippen LogP contribution in [0.25, 0.3) is 0 Å². The van der Waals surface area contributed by atoms with Crippen molar-refractivity contribution in [2.24, 2.45) is 17.8 Å². The van der Waals surface area contributed by atoms with Gasteiger partial charge in [-0.15, -0.1) is 0 Å². The van der Waals surface area contributed by atoms with E-state index in [-0.39, 0.29) is 11.8 Å². The van der Waals surface area contributed by atoms with Gasteiger partial charge in [-0.1, -0.05) is 37.1 Å². The Morgan fingerprint density at radius 1 is 0.941 bits per heavy atom. The van der Waals surface area contributed by atoms with Crippen molar-refractivity contribution in [2.75, 3.05) is 51.3 Å². The molecule has 51 heavy (non-hydrogen) atoms. The molecule has 5 aliphatic rings. The second-order valence-corrected chi connectivity index (χ2v) is 18.1. The summed E-state index contributed by atoms with van der Waals surface area (Å²) in [4.78, 5) is 21.3. The first-order valence-corrected chi connectivity index (χ1v) is 21.1. The zero-order chi connectivity index (χ0) is 35.8. The number of carbonyl (C=O) groups excluding carboxylic acids is 1. The fraction of sp³-hybridized carbons (Fsp3) is 0.625. The normalized spacial score (nSPS) is 32.8. The number of nitrogens with zero attached hydrogens (tertiary/aromatic N) is 3. The highest BCUT2D eigenvalue weighted by molar-refractivity contribution is 7.90. The Hall–Kier alpha value is -2.63. The van der Waals surface area contributed by atoms with Crippen molar-refractivity contribution < 1.29 is 22.7 Å². The Kier molecular flexibility index (Phi) is 11.1. The van der Waals surface area contributed by atoms with Crippen LogP contribution < -0.4 is 14.4 Å². The number of sulfonamides is 1. The minimum atomic E-state index is -3.95. The molecule has 1 amide bonds. The van der Waals surface area contributed by atoms with Gasteiger partial charge in [0, 0.05) is 62.4 Å². The molecule has 1 aliphatic carbocycles. The van der Waals surface area contributed by atoms with Crippen LogP contribution in [-0.2, 0) is 27.8 Å². The highest BCUT2D eigenvalue weighted by atomic mass is 35.5. The lowest BCUT2D eigenvalue weighted by Gasteiger charge is -2.57. The minimum absolute atomic E-state index is 0.213. The average Bonchev–Trinajstić information content (AvgIpc) is 3.14. The van der Waals surface area contributed by atoms with Crippen LogP contribution in [0.15, 0.2) is 48.6 Å². The molecule has 9 nitrogen and oxygen atoms in total. The number of carbonyl (C=O) groups is 1. The van der Waals surface area contributed by atoms with Crippen LogP contribution in [0, 0.1) is 17.8 Å². The lowest BCUT2D eigenvalue weighted by molar-refractivity contribution is -0.189. The molecule has 2 aromatic rings. The summed E-state index contributed by atoms with van der Waals surface area (Å²) in [5.41, 5.74) is 2.84. The van der Waals surface area contributed by atoms with E-state index in [1.165, 1.54) is 31.4 Å². The summed E-state index contributed by atoms with van der Waals surface area (Å²) in [6, 6.07) is 11.9. The van der Waals surface area contributed by atoms with Gasteiger partial charge in [0.1, 0.15) is 18.1 Å². The van der Waals surface area contributed by atoms with E-state index in [0.717, 1.165) is 81.1 Å². The highest BCUT2D eigenvalue weighted by Crippen LogP contribution is 2.48. The Balaban J connectivity index is 1.28. The number of anilines is 1. The van der Waals surface area contributed by atoms with E-state index in [9.17, 15) is 13.2 Å². The Bertz CT molecular complexity index is 1720. The summed E-state index contributed by atoms with van der Waals surface area (Å²) >= 11 is 6.41. The Morgan fingerprint density at radius 2 is 1.78 bits per heavy atom. The molecule has 1 N–H and O–H groups in total. The van der Waals surface area contributed by atoms with Crippen LogP contribution in [0.1, 0.15) is 86.7 Å². The van der Waals surface area contributed by atoms with Crippen molar-refractivity contribution >= 4 is 33.2 Å². The number of benzene rings is 2. The number of hydrogen-bond donors (Lipinski definition) is 1. The van der Waals surface area contributed by atoms with Crippen LogP contribution >= 0.6 is 11.6 Å². The highest BCUT2D eigenvalue weighted by Gasteiger charge is 2.52. The standard InChI is InChI=1S/C40H55ClN4O5S/c1-28-9-8-18-40(49-3,45-22-21-43-19-7-5-11-35(43)26-45)36-16-13-32(36)25-44-20-6-4-10-30-23-34(41)15-12-33(30)27-50-38-17-14-31(24-37(38)44)39(46)42-51(47,48)29(28)2/h8,12,14-15,17-18,23-24,28-29,32,35-36H,4-7,9-11,13,16,19-22,25-27H2,1-3H3,(H,42,46)/b18-8+/t28-,29+,32-,35+,36+,40+/m0/s1. The van der Waals surface area contributed by atoms with E-state index in [4.69, 9.17) is 21.1 Å². The molecule has 2 bridgehead atoms. The number of allylic oxidation sites excluding steroid dienone is 1. The number of rotatable bonds is 2. The van der Waals surface area contributed by atoms with Gasteiger partial charge in [-0.25, -0.2) is 13.1 Å². The number of ether oxygens (including phenoxy) is 2. The molecule has 0 aromatic heterocycles. The number of hydrogen-bond acceptors (Lipinski definition) is 8. The molecule has 11 heteroatoms. The molecule has 1 saturated carbocycles. The van der Waals surface area contributed by atoms with E-state index >= 15 is 0 Å². The van der Waals surface area contributed by atoms with Gasteiger partial charge in [0.05, 0.1) is 10.9 Å². The number of nitrogens with one attached hydrogen (secondary N) is 1. The van der Waals surface area contributed by atoms with Gasteiger partial charge in [-0.05, 0) is 124 Å². The predicted octanol–water partition coefficient (Wildman–Crippen LogP) is 6.64. The molecular formula is C40H55ClN4O5S. The van der Waals surface area contributed by atoms with E-state index in [1.54, 1.807) is 13.0 Å². The number of piperazine rings is 1. The van der Waals surface area contributed by atoms with Crippen LogP contribution in [0.4, 0.5) is 5.69 Å². The quantitative estimate of drug-likeness (QED) is 0.343. The Morgan fingerprint density at radius 3 is 2.59 bits per heavy atom. The summed E-state index contributed by atoms with van der Waals surface area (Å²) in [5.74, 6) is 0.474. The SMILES string of the molecule is CO[C@]1(N2CCN3CCCC[C@@H]3C2)/C=C/C[C@H](C)[C@@H](C)S(=O)(=O)NC(=O)c2ccc3c(c2)N(CCCCc2cc(Cl)ccc2CO3)C[C@@H]2CC[C@H]21. The first kappa shape index (κ1) is 36.7. The molecule has 278 valence electrons. The van der Waals surface area contributed by atoms with Crippen LogP contribution in [0.2, 0.25) is 5.02 Å². The molecule has 4 heterocycles. The van der Waals surface area contributed by atoms with Crippen molar-refractivity contribution in [2.45, 2.75) is 95.3 Å². The fourth-order valence-corrected chi connectivity index (χ4v) is 10.7. The van der Waals surface area contributed by atoms with E-state index in [1.807, 2.05) is 44.4 Å². The Labute approximate surface area is 309 Å². The molecule has 7 rings (SSSR count). The average molecular weight is 739 g/mol. The van der Waals surface area contributed by atoms with Crippen LogP contribution in [0.5, 0.6) is 5.75 Å². The molecule has 0 radical (unpaired) electrons. The smallest absolute Gasteiger partial charge is 0.264 e. The minimum Gasteiger partial charge on any atom is -0.487 e. The summed E-state index contributed by atoms with van der Waals surface area (Å²) < 4.78 is 42.9. The first-order chi connectivity index (χ1) is 24.6. The molecule has 2 aromatic carbocycles. The van der Waals surface area contributed by atoms with Gasteiger partial charge in [-0.3, -0.25) is 14.6 Å². The van der Waals surface area contributed by atoms with Gasteiger partial charge in [0.25, 0.3) is 5.91 Å². The maximum Gasteiger partial charge on any atom is 0.264 e. The van der Waals surface area contributed by atoms with Gasteiger partial charge >= 0.3 is 0 Å². The van der Waals surface area contributed by atoms with Crippen molar-refractivity contribution in [1.82, 2.24) is 14.5 Å².